The second-order valence-electron chi connectivity index (χ2n) is 5.90. The maximum Gasteiger partial charge on any atom is 0.212 e. The van der Waals surface area contributed by atoms with E-state index in [9.17, 15) is 0 Å². The zero-order valence-electron chi connectivity index (χ0n) is 15.8. The van der Waals surface area contributed by atoms with Gasteiger partial charge in [0.25, 0.3) is 0 Å². The summed E-state index contributed by atoms with van der Waals surface area (Å²) in [6.07, 6.45) is 1.77. The molecule has 0 fully saturated rings. The van der Waals surface area contributed by atoms with Crippen LogP contribution in [0.15, 0.2) is 52.0 Å². The summed E-state index contributed by atoms with van der Waals surface area (Å²) >= 11 is 0. The lowest BCUT2D eigenvalue weighted by molar-refractivity contribution is 0.397. The van der Waals surface area contributed by atoms with Crippen molar-refractivity contribution in [1.82, 2.24) is 15.6 Å². The minimum absolute atomic E-state index is 0. The third-order valence-electron chi connectivity index (χ3n) is 4.13. The highest BCUT2D eigenvalue weighted by Gasteiger charge is 2.10. The summed E-state index contributed by atoms with van der Waals surface area (Å²) in [5.41, 5.74) is 3.08. The summed E-state index contributed by atoms with van der Waals surface area (Å²) in [5.74, 6) is 2.26. The van der Waals surface area contributed by atoms with Gasteiger partial charge in [-0.25, -0.2) is 9.98 Å². The van der Waals surface area contributed by atoms with Crippen molar-refractivity contribution in [2.75, 3.05) is 13.7 Å². The molecule has 0 aliphatic heterocycles. The fourth-order valence-electron chi connectivity index (χ4n) is 2.69. The molecule has 0 atom stereocenters. The van der Waals surface area contributed by atoms with Crippen LogP contribution >= 0.6 is 24.0 Å². The Balaban J connectivity index is 0.00000261. The second-order valence-corrected chi connectivity index (χ2v) is 5.90. The van der Waals surface area contributed by atoms with E-state index in [2.05, 4.69) is 33.6 Å². The molecule has 0 saturated carbocycles. The predicted molar refractivity (Wildman–Crippen MR) is 119 cm³/mol. The normalized spacial score (nSPS) is 11.1. The summed E-state index contributed by atoms with van der Waals surface area (Å²) in [6, 6.07) is 11.9. The van der Waals surface area contributed by atoms with Gasteiger partial charge in [0, 0.05) is 29.8 Å². The van der Waals surface area contributed by atoms with Crippen LogP contribution in [-0.4, -0.2) is 24.6 Å². The number of fused-ring (bicyclic) bond motifs is 1. The van der Waals surface area contributed by atoms with Crippen LogP contribution in [0.2, 0.25) is 0 Å². The number of nitrogens with zero attached hydrogens (tertiary/aromatic N) is 2. The van der Waals surface area contributed by atoms with Gasteiger partial charge in [-0.05, 0) is 25.5 Å². The van der Waals surface area contributed by atoms with Crippen LogP contribution in [0.4, 0.5) is 0 Å². The zero-order chi connectivity index (χ0) is 18.4. The van der Waals surface area contributed by atoms with Crippen molar-refractivity contribution < 1.29 is 9.15 Å². The monoisotopic (exact) mass is 480 g/mol. The lowest BCUT2D eigenvalue weighted by atomic mass is 10.1. The molecule has 0 aliphatic carbocycles. The molecule has 1 aromatic carbocycles. The molecule has 3 rings (SSSR count). The Morgan fingerprint density at radius 1 is 1.19 bits per heavy atom. The SMILES string of the molecule is CCNC(=NCc1ccc(OC)nc1)NCc1oc2ccccc2c1C.I. The highest BCUT2D eigenvalue weighted by molar-refractivity contribution is 14.0. The molecule has 2 heterocycles. The molecule has 0 radical (unpaired) electrons. The molecular formula is C20H25IN4O2. The van der Waals surface area contributed by atoms with Gasteiger partial charge in [-0.3, -0.25) is 0 Å². The van der Waals surface area contributed by atoms with E-state index in [1.54, 1.807) is 13.3 Å². The predicted octanol–water partition coefficient (Wildman–Crippen LogP) is 4.02. The van der Waals surface area contributed by atoms with Gasteiger partial charge in [0.2, 0.25) is 5.88 Å². The molecule has 0 spiro atoms. The van der Waals surface area contributed by atoms with Gasteiger partial charge in [-0.1, -0.05) is 24.3 Å². The van der Waals surface area contributed by atoms with Gasteiger partial charge in [0.05, 0.1) is 20.2 Å². The maximum absolute atomic E-state index is 5.95. The number of pyridine rings is 1. The van der Waals surface area contributed by atoms with Crippen LogP contribution in [0.5, 0.6) is 5.88 Å². The average molecular weight is 480 g/mol. The van der Waals surface area contributed by atoms with Crippen molar-refractivity contribution in [2.45, 2.75) is 26.9 Å². The molecule has 0 amide bonds. The van der Waals surface area contributed by atoms with E-state index in [0.29, 0.717) is 19.0 Å². The van der Waals surface area contributed by atoms with Crippen LogP contribution in [0.25, 0.3) is 11.0 Å². The van der Waals surface area contributed by atoms with Crippen molar-refractivity contribution in [3.63, 3.8) is 0 Å². The fourth-order valence-corrected chi connectivity index (χ4v) is 2.69. The van der Waals surface area contributed by atoms with Crippen molar-refractivity contribution in [1.29, 1.82) is 0 Å². The number of methoxy groups -OCH3 is 1. The first-order valence-corrected chi connectivity index (χ1v) is 8.69. The molecule has 0 unspecified atom stereocenters. The van der Waals surface area contributed by atoms with E-state index in [4.69, 9.17) is 9.15 Å². The second kappa shape index (κ2) is 10.1. The van der Waals surface area contributed by atoms with Gasteiger partial charge < -0.3 is 19.8 Å². The third-order valence-corrected chi connectivity index (χ3v) is 4.13. The molecule has 144 valence electrons. The standard InChI is InChI=1S/C20H24N4O2.HI/c1-4-21-20(23-12-15-9-10-19(25-3)22-11-15)24-13-18-14(2)16-7-5-6-8-17(16)26-18;/h5-11H,4,12-13H2,1-3H3,(H2,21,23,24);1H. The molecular weight excluding hydrogens is 455 g/mol. The number of ether oxygens (including phenoxy) is 1. The van der Waals surface area contributed by atoms with E-state index in [1.807, 2.05) is 37.3 Å². The first kappa shape index (κ1) is 21.0. The molecule has 3 aromatic rings. The summed E-state index contributed by atoms with van der Waals surface area (Å²) in [7, 11) is 1.60. The quantitative estimate of drug-likeness (QED) is 0.317. The van der Waals surface area contributed by atoms with Crippen LogP contribution in [0, 0.1) is 6.92 Å². The molecule has 0 bridgehead atoms. The fraction of sp³-hybridized carbons (Fsp3) is 0.300. The van der Waals surface area contributed by atoms with Crippen LogP contribution in [-0.2, 0) is 13.1 Å². The minimum Gasteiger partial charge on any atom is -0.481 e. The summed E-state index contributed by atoms with van der Waals surface area (Å²) in [5, 5.41) is 7.73. The number of para-hydroxylation sites is 1. The number of guanidine groups is 1. The van der Waals surface area contributed by atoms with Crippen LogP contribution < -0.4 is 15.4 Å². The number of aromatic nitrogens is 1. The Morgan fingerprint density at radius 2 is 2.00 bits per heavy atom. The first-order chi connectivity index (χ1) is 12.7. The molecule has 6 nitrogen and oxygen atoms in total. The molecule has 0 saturated heterocycles. The van der Waals surface area contributed by atoms with Gasteiger partial charge >= 0.3 is 0 Å². The van der Waals surface area contributed by atoms with Crippen LogP contribution in [0.1, 0.15) is 23.8 Å². The van der Waals surface area contributed by atoms with Gasteiger partial charge in [-0.2, -0.15) is 0 Å². The Labute approximate surface area is 176 Å². The van der Waals surface area contributed by atoms with Crippen molar-refractivity contribution in [2.24, 2.45) is 4.99 Å². The number of aryl methyl sites for hydroxylation is 1. The summed E-state index contributed by atoms with van der Waals surface area (Å²) in [6.45, 7) is 6.01. The minimum atomic E-state index is 0. The molecule has 2 aromatic heterocycles. The topological polar surface area (TPSA) is 71.7 Å². The molecule has 0 aliphatic rings. The Hall–Kier alpha value is -2.29. The Kier molecular flexibility index (Phi) is 7.90. The van der Waals surface area contributed by atoms with Gasteiger partial charge in [-0.15, -0.1) is 24.0 Å². The van der Waals surface area contributed by atoms with E-state index < -0.39 is 0 Å². The van der Waals surface area contributed by atoms with E-state index in [-0.39, 0.29) is 24.0 Å². The van der Waals surface area contributed by atoms with Crippen molar-refractivity contribution in [3.8, 4) is 5.88 Å². The number of nitrogens with one attached hydrogen (secondary N) is 2. The largest absolute Gasteiger partial charge is 0.481 e. The number of halogens is 1. The van der Waals surface area contributed by atoms with E-state index >= 15 is 0 Å². The number of benzene rings is 1. The smallest absolute Gasteiger partial charge is 0.212 e. The molecule has 2 N–H and O–H groups in total. The number of aliphatic imine (C=N–C) groups is 1. The summed E-state index contributed by atoms with van der Waals surface area (Å²) in [4.78, 5) is 8.81. The molecule has 7 heteroatoms. The van der Waals surface area contributed by atoms with E-state index in [0.717, 1.165) is 40.4 Å². The Bertz CT molecular complexity index is 891. The summed E-state index contributed by atoms with van der Waals surface area (Å²) < 4.78 is 11.0. The van der Waals surface area contributed by atoms with Crippen molar-refractivity contribution in [3.05, 3.63) is 59.5 Å². The molecule has 27 heavy (non-hydrogen) atoms. The zero-order valence-corrected chi connectivity index (χ0v) is 18.1. The average Bonchev–Trinajstić information content (AvgIpc) is 3.00. The highest BCUT2D eigenvalue weighted by Crippen LogP contribution is 2.24. The number of hydrogen-bond acceptors (Lipinski definition) is 4. The Morgan fingerprint density at radius 3 is 2.67 bits per heavy atom. The van der Waals surface area contributed by atoms with Crippen LogP contribution in [0.3, 0.4) is 0 Å². The van der Waals surface area contributed by atoms with Gasteiger partial charge in [0.15, 0.2) is 5.96 Å². The number of rotatable bonds is 6. The maximum atomic E-state index is 5.95. The lowest BCUT2D eigenvalue weighted by Gasteiger charge is -2.10. The first-order valence-electron chi connectivity index (χ1n) is 8.69. The van der Waals surface area contributed by atoms with Gasteiger partial charge in [0.1, 0.15) is 11.3 Å². The number of hydrogen-bond donors (Lipinski definition) is 2. The highest BCUT2D eigenvalue weighted by atomic mass is 127. The lowest BCUT2D eigenvalue weighted by Crippen LogP contribution is -2.36. The van der Waals surface area contributed by atoms with Crippen molar-refractivity contribution >= 4 is 40.9 Å². The third kappa shape index (κ3) is 5.35. The number of furan rings is 1. The van der Waals surface area contributed by atoms with E-state index in [1.165, 1.54) is 0 Å².